The van der Waals surface area contributed by atoms with Crippen LogP contribution in [0.5, 0.6) is 5.75 Å². The van der Waals surface area contributed by atoms with Crippen LogP contribution in [0.3, 0.4) is 0 Å². The molecule has 0 saturated heterocycles. The summed E-state index contributed by atoms with van der Waals surface area (Å²) in [5, 5.41) is 10.2. The van der Waals surface area contributed by atoms with E-state index in [0.717, 1.165) is 22.4 Å². The molecule has 0 fully saturated rings. The average Bonchev–Trinajstić information content (AvgIpc) is 2.39. The van der Waals surface area contributed by atoms with Crippen molar-refractivity contribution in [2.75, 3.05) is 7.11 Å². The van der Waals surface area contributed by atoms with Crippen molar-refractivity contribution < 1.29 is 9.84 Å². The van der Waals surface area contributed by atoms with Crippen molar-refractivity contribution in [2.45, 2.75) is 19.4 Å². The van der Waals surface area contributed by atoms with Crippen LogP contribution in [-0.4, -0.2) is 17.2 Å². The topological polar surface area (TPSA) is 42.4 Å². The number of hydrogen-bond acceptors (Lipinski definition) is 3. The lowest BCUT2D eigenvalue weighted by atomic mass is 10.0. The Labute approximate surface area is 107 Å². The van der Waals surface area contributed by atoms with Crippen LogP contribution in [0.1, 0.15) is 22.8 Å². The lowest BCUT2D eigenvalue weighted by molar-refractivity contribution is 0.178. The van der Waals surface area contributed by atoms with Crippen LogP contribution >= 0.6 is 0 Å². The van der Waals surface area contributed by atoms with E-state index < -0.39 is 6.10 Å². The zero-order chi connectivity index (χ0) is 13.0. The fourth-order valence-electron chi connectivity index (χ4n) is 1.97. The number of nitrogens with zero attached hydrogens (tertiary/aromatic N) is 1. The highest BCUT2D eigenvalue weighted by molar-refractivity contribution is 5.37. The smallest absolute Gasteiger partial charge is 0.121 e. The maximum absolute atomic E-state index is 10.2. The van der Waals surface area contributed by atoms with Crippen molar-refractivity contribution in [1.82, 2.24) is 4.98 Å². The van der Waals surface area contributed by atoms with Gasteiger partial charge in [-0.2, -0.15) is 0 Å². The molecule has 0 bridgehead atoms. The summed E-state index contributed by atoms with van der Waals surface area (Å²) in [6.07, 6.45) is 3.56. The van der Waals surface area contributed by atoms with E-state index in [9.17, 15) is 5.11 Å². The summed E-state index contributed by atoms with van der Waals surface area (Å²) in [6.45, 7) is 1.97. The van der Waals surface area contributed by atoms with Crippen LogP contribution in [0.4, 0.5) is 0 Å². The molecule has 0 radical (unpaired) electrons. The molecule has 1 N–H and O–H groups in total. The SMILES string of the molecule is COc1ccc(C(O)Cc2cccnc2)cc1C. The van der Waals surface area contributed by atoms with Gasteiger partial charge in [0.05, 0.1) is 13.2 Å². The molecule has 0 aliphatic rings. The number of methoxy groups -OCH3 is 1. The quantitative estimate of drug-likeness (QED) is 0.897. The van der Waals surface area contributed by atoms with E-state index in [0.29, 0.717) is 6.42 Å². The highest BCUT2D eigenvalue weighted by atomic mass is 16.5. The summed E-state index contributed by atoms with van der Waals surface area (Å²) in [6, 6.07) is 9.58. The second kappa shape index (κ2) is 5.65. The minimum absolute atomic E-state index is 0.515. The fourth-order valence-corrected chi connectivity index (χ4v) is 1.97. The molecule has 0 amide bonds. The molecule has 1 aromatic carbocycles. The van der Waals surface area contributed by atoms with Gasteiger partial charge in [0.2, 0.25) is 0 Å². The van der Waals surface area contributed by atoms with Gasteiger partial charge in [0.15, 0.2) is 0 Å². The zero-order valence-electron chi connectivity index (χ0n) is 10.6. The summed E-state index contributed by atoms with van der Waals surface area (Å²) in [4.78, 5) is 4.05. The number of aryl methyl sites for hydroxylation is 1. The van der Waals surface area contributed by atoms with E-state index in [2.05, 4.69) is 4.98 Å². The van der Waals surface area contributed by atoms with Crippen molar-refractivity contribution in [2.24, 2.45) is 0 Å². The first-order valence-corrected chi connectivity index (χ1v) is 5.92. The van der Waals surface area contributed by atoms with E-state index in [-0.39, 0.29) is 0 Å². The van der Waals surface area contributed by atoms with Crippen LogP contribution < -0.4 is 4.74 Å². The van der Waals surface area contributed by atoms with Crippen LogP contribution in [-0.2, 0) is 6.42 Å². The molecule has 1 aromatic heterocycles. The van der Waals surface area contributed by atoms with Gasteiger partial charge in [0.1, 0.15) is 5.75 Å². The Bertz CT molecular complexity index is 511. The minimum Gasteiger partial charge on any atom is -0.496 e. The molecule has 2 rings (SSSR count). The summed E-state index contributed by atoms with van der Waals surface area (Å²) >= 11 is 0. The molecule has 3 heteroatoms. The summed E-state index contributed by atoms with van der Waals surface area (Å²) in [5.41, 5.74) is 2.95. The van der Waals surface area contributed by atoms with E-state index in [4.69, 9.17) is 4.74 Å². The highest BCUT2D eigenvalue weighted by Crippen LogP contribution is 2.24. The van der Waals surface area contributed by atoms with Crippen molar-refractivity contribution in [3.8, 4) is 5.75 Å². The van der Waals surface area contributed by atoms with Gasteiger partial charge in [-0.3, -0.25) is 4.98 Å². The maximum atomic E-state index is 10.2. The molecule has 0 spiro atoms. The first-order chi connectivity index (χ1) is 8.70. The van der Waals surface area contributed by atoms with Gasteiger partial charge < -0.3 is 9.84 Å². The number of aliphatic hydroxyl groups excluding tert-OH is 1. The Morgan fingerprint density at radius 2 is 2.17 bits per heavy atom. The second-order valence-electron chi connectivity index (χ2n) is 4.31. The van der Waals surface area contributed by atoms with Gasteiger partial charge in [-0.05, 0) is 41.8 Å². The van der Waals surface area contributed by atoms with Crippen LogP contribution in [0.2, 0.25) is 0 Å². The largest absolute Gasteiger partial charge is 0.496 e. The molecular weight excluding hydrogens is 226 g/mol. The normalized spacial score (nSPS) is 12.2. The first-order valence-electron chi connectivity index (χ1n) is 5.92. The number of rotatable bonds is 4. The molecule has 1 atom stereocenters. The Morgan fingerprint density at radius 3 is 2.78 bits per heavy atom. The number of pyridine rings is 1. The zero-order valence-corrected chi connectivity index (χ0v) is 10.6. The molecule has 18 heavy (non-hydrogen) atoms. The predicted molar refractivity (Wildman–Crippen MR) is 70.6 cm³/mol. The van der Waals surface area contributed by atoms with E-state index in [1.165, 1.54) is 0 Å². The Hall–Kier alpha value is -1.87. The van der Waals surface area contributed by atoms with Crippen molar-refractivity contribution in [3.05, 3.63) is 59.4 Å². The van der Waals surface area contributed by atoms with Gasteiger partial charge in [0, 0.05) is 18.8 Å². The third kappa shape index (κ3) is 2.87. The standard InChI is InChI=1S/C15H17NO2/c1-11-8-13(5-6-15(11)18-2)14(17)9-12-4-3-7-16-10-12/h3-8,10,14,17H,9H2,1-2H3. The monoisotopic (exact) mass is 243 g/mol. The van der Waals surface area contributed by atoms with Crippen LogP contribution in [0, 0.1) is 6.92 Å². The van der Waals surface area contributed by atoms with Crippen LogP contribution in [0.15, 0.2) is 42.7 Å². The minimum atomic E-state index is -0.515. The molecule has 1 unspecified atom stereocenters. The number of aromatic nitrogens is 1. The Balaban J connectivity index is 2.14. The van der Waals surface area contributed by atoms with Gasteiger partial charge in [-0.15, -0.1) is 0 Å². The van der Waals surface area contributed by atoms with Crippen molar-refractivity contribution >= 4 is 0 Å². The second-order valence-corrected chi connectivity index (χ2v) is 4.31. The average molecular weight is 243 g/mol. The van der Waals surface area contributed by atoms with Gasteiger partial charge in [-0.25, -0.2) is 0 Å². The molecule has 2 aromatic rings. The van der Waals surface area contributed by atoms with Gasteiger partial charge in [0.25, 0.3) is 0 Å². The lowest BCUT2D eigenvalue weighted by Gasteiger charge is -2.13. The van der Waals surface area contributed by atoms with Crippen molar-refractivity contribution in [3.63, 3.8) is 0 Å². The highest BCUT2D eigenvalue weighted by Gasteiger charge is 2.10. The molecule has 0 aliphatic heterocycles. The number of ether oxygens (including phenoxy) is 1. The number of aliphatic hydroxyl groups is 1. The van der Waals surface area contributed by atoms with Crippen LogP contribution in [0.25, 0.3) is 0 Å². The Morgan fingerprint density at radius 1 is 1.33 bits per heavy atom. The predicted octanol–water partition coefficient (Wildman–Crippen LogP) is 2.67. The fraction of sp³-hybridized carbons (Fsp3) is 0.267. The molecule has 1 heterocycles. The van der Waals surface area contributed by atoms with Gasteiger partial charge in [-0.1, -0.05) is 12.1 Å². The maximum Gasteiger partial charge on any atom is 0.121 e. The summed E-state index contributed by atoms with van der Waals surface area (Å²) < 4.78 is 5.21. The van der Waals surface area contributed by atoms with E-state index in [1.807, 2.05) is 37.3 Å². The Kier molecular flexibility index (Phi) is 3.95. The third-order valence-corrected chi connectivity index (χ3v) is 2.96. The number of benzene rings is 1. The molecule has 0 aliphatic carbocycles. The molecular formula is C15H17NO2. The molecule has 3 nitrogen and oxygen atoms in total. The number of hydrogen-bond donors (Lipinski definition) is 1. The van der Waals surface area contributed by atoms with E-state index in [1.54, 1.807) is 19.5 Å². The lowest BCUT2D eigenvalue weighted by Crippen LogP contribution is -2.02. The summed E-state index contributed by atoms with van der Waals surface area (Å²) in [5.74, 6) is 0.840. The molecule has 94 valence electrons. The van der Waals surface area contributed by atoms with Crippen molar-refractivity contribution in [1.29, 1.82) is 0 Å². The summed E-state index contributed by atoms with van der Waals surface area (Å²) in [7, 11) is 1.65. The third-order valence-electron chi connectivity index (χ3n) is 2.96. The van der Waals surface area contributed by atoms with Gasteiger partial charge >= 0.3 is 0 Å². The van der Waals surface area contributed by atoms with E-state index >= 15 is 0 Å². The first kappa shape index (κ1) is 12.6. The molecule has 0 saturated carbocycles.